The Morgan fingerprint density at radius 3 is 2.84 bits per heavy atom. The summed E-state index contributed by atoms with van der Waals surface area (Å²) in [5, 5.41) is 14.5. The molecule has 0 amide bonds. The van der Waals surface area contributed by atoms with E-state index < -0.39 is 5.97 Å². The van der Waals surface area contributed by atoms with Crippen LogP contribution < -0.4 is 5.32 Å². The van der Waals surface area contributed by atoms with Crippen LogP contribution in [0.2, 0.25) is 0 Å². The number of carboxylic acid groups (broad SMARTS) is 1. The number of nitrogens with zero attached hydrogens (tertiary/aromatic N) is 2. The third-order valence-electron chi connectivity index (χ3n) is 4.09. The Morgan fingerprint density at radius 2 is 2.08 bits per heavy atom. The molecule has 0 unspecified atom stereocenters. The minimum atomic E-state index is -0.951. The van der Waals surface area contributed by atoms with E-state index in [1.165, 1.54) is 12.8 Å². The van der Waals surface area contributed by atoms with Gasteiger partial charge in [-0.15, -0.1) is 11.3 Å². The molecule has 0 atom stereocenters. The van der Waals surface area contributed by atoms with Crippen molar-refractivity contribution in [3.63, 3.8) is 0 Å². The second-order valence-corrected chi connectivity index (χ2v) is 6.93. The molecule has 6 heteroatoms. The molecule has 1 saturated carbocycles. The van der Waals surface area contributed by atoms with Crippen LogP contribution in [0.3, 0.4) is 0 Å². The van der Waals surface area contributed by atoms with Gasteiger partial charge in [-0.25, -0.2) is 14.8 Å². The molecule has 0 radical (unpaired) electrons. The van der Waals surface area contributed by atoms with Crippen molar-refractivity contribution in [3.8, 4) is 11.8 Å². The van der Waals surface area contributed by atoms with Gasteiger partial charge in [0.1, 0.15) is 17.7 Å². The largest absolute Gasteiger partial charge is 0.478 e. The van der Waals surface area contributed by atoms with Crippen molar-refractivity contribution in [2.24, 2.45) is 0 Å². The van der Waals surface area contributed by atoms with Crippen LogP contribution in [0.15, 0.2) is 29.9 Å². The van der Waals surface area contributed by atoms with Gasteiger partial charge in [-0.05, 0) is 37.5 Å². The van der Waals surface area contributed by atoms with E-state index in [9.17, 15) is 4.79 Å². The van der Waals surface area contributed by atoms with Crippen LogP contribution in [0, 0.1) is 18.8 Å². The van der Waals surface area contributed by atoms with E-state index in [2.05, 4.69) is 27.1 Å². The SMILES string of the molecule is Cc1ccc(C(=O)O)cc1C#Cc1csc2c(NC3CC3)ncnc12. The second-order valence-electron chi connectivity index (χ2n) is 6.05. The fourth-order valence-electron chi connectivity index (χ4n) is 2.49. The summed E-state index contributed by atoms with van der Waals surface area (Å²) in [5.41, 5.74) is 3.57. The number of carboxylic acids is 1. The van der Waals surface area contributed by atoms with Crippen molar-refractivity contribution in [1.82, 2.24) is 9.97 Å². The van der Waals surface area contributed by atoms with Crippen LogP contribution in [0.5, 0.6) is 0 Å². The molecule has 0 saturated heterocycles. The van der Waals surface area contributed by atoms with Gasteiger partial charge in [0.05, 0.1) is 15.8 Å². The lowest BCUT2D eigenvalue weighted by Crippen LogP contribution is -2.03. The maximum Gasteiger partial charge on any atom is 0.335 e. The number of benzene rings is 1. The number of thiophene rings is 1. The molecule has 0 spiro atoms. The van der Waals surface area contributed by atoms with E-state index in [-0.39, 0.29) is 5.56 Å². The molecule has 1 aromatic carbocycles. The molecule has 25 heavy (non-hydrogen) atoms. The Balaban J connectivity index is 1.71. The van der Waals surface area contributed by atoms with E-state index in [1.807, 2.05) is 12.3 Å². The van der Waals surface area contributed by atoms with Crippen molar-refractivity contribution in [1.29, 1.82) is 0 Å². The van der Waals surface area contributed by atoms with E-state index in [1.54, 1.807) is 35.9 Å². The highest BCUT2D eigenvalue weighted by Crippen LogP contribution is 2.32. The summed E-state index contributed by atoms with van der Waals surface area (Å²) in [5.74, 6) is 6.14. The molecule has 2 N–H and O–H groups in total. The average molecular weight is 349 g/mol. The topological polar surface area (TPSA) is 75.1 Å². The molecule has 4 rings (SSSR count). The monoisotopic (exact) mass is 349 g/mol. The summed E-state index contributed by atoms with van der Waals surface area (Å²) in [7, 11) is 0. The van der Waals surface area contributed by atoms with Crippen molar-refractivity contribution in [3.05, 3.63) is 52.2 Å². The summed E-state index contributed by atoms with van der Waals surface area (Å²) in [6.07, 6.45) is 3.92. The molecule has 0 bridgehead atoms. The molecule has 124 valence electrons. The highest BCUT2D eigenvalue weighted by molar-refractivity contribution is 7.18. The Kier molecular flexibility index (Phi) is 3.86. The normalized spacial score (nSPS) is 13.3. The van der Waals surface area contributed by atoms with Gasteiger partial charge in [0.15, 0.2) is 0 Å². The summed E-state index contributed by atoms with van der Waals surface area (Å²) >= 11 is 1.57. The van der Waals surface area contributed by atoms with Crippen LogP contribution >= 0.6 is 11.3 Å². The number of carbonyl (C=O) groups is 1. The highest BCUT2D eigenvalue weighted by atomic mass is 32.1. The standard InChI is InChI=1S/C19H15N3O2S/c1-11-2-3-13(19(23)24)8-12(11)4-5-14-9-25-17-16(14)20-10-21-18(17)22-15-6-7-15/h2-3,8-10,15H,6-7H2,1H3,(H,23,24)(H,20,21,22). The van der Waals surface area contributed by atoms with E-state index >= 15 is 0 Å². The van der Waals surface area contributed by atoms with Crippen LogP contribution in [0.4, 0.5) is 5.82 Å². The molecular weight excluding hydrogens is 334 g/mol. The van der Waals surface area contributed by atoms with Gasteiger partial charge in [0.25, 0.3) is 0 Å². The van der Waals surface area contributed by atoms with Gasteiger partial charge in [-0.2, -0.15) is 0 Å². The second kappa shape index (κ2) is 6.19. The smallest absolute Gasteiger partial charge is 0.335 e. The first-order valence-corrected chi connectivity index (χ1v) is 8.84. The minimum absolute atomic E-state index is 0.239. The van der Waals surface area contributed by atoms with E-state index in [0.717, 1.165) is 27.2 Å². The van der Waals surface area contributed by atoms with Gasteiger partial charge in [0, 0.05) is 17.0 Å². The van der Waals surface area contributed by atoms with Gasteiger partial charge < -0.3 is 10.4 Å². The summed E-state index contributed by atoms with van der Waals surface area (Å²) in [6.45, 7) is 1.92. The summed E-state index contributed by atoms with van der Waals surface area (Å²) in [4.78, 5) is 19.8. The van der Waals surface area contributed by atoms with E-state index in [0.29, 0.717) is 11.6 Å². The highest BCUT2D eigenvalue weighted by Gasteiger charge is 2.22. The molecular formula is C19H15N3O2S. The molecule has 2 heterocycles. The van der Waals surface area contributed by atoms with Crippen LogP contribution in [0.25, 0.3) is 10.2 Å². The fourth-order valence-corrected chi connectivity index (χ4v) is 3.39. The van der Waals surface area contributed by atoms with Gasteiger partial charge >= 0.3 is 5.97 Å². The third-order valence-corrected chi connectivity index (χ3v) is 5.06. The number of hydrogen-bond acceptors (Lipinski definition) is 5. The van der Waals surface area contributed by atoms with Gasteiger partial charge in [0.2, 0.25) is 0 Å². The van der Waals surface area contributed by atoms with E-state index in [4.69, 9.17) is 5.11 Å². The number of aryl methyl sites for hydroxylation is 1. The first kappa shape index (κ1) is 15.6. The number of anilines is 1. The lowest BCUT2D eigenvalue weighted by Gasteiger charge is -2.03. The molecule has 3 aromatic rings. The summed E-state index contributed by atoms with van der Waals surface area (Å²) < 4.78 is 1.01. The van der Waals surface area contributed by atoms with Crippen LogP contribution in [-0.4, -0.2) is 27.1 Å². The zero-order valence-electron chi connectivity index (χ0n) is 13.5. The van der Waals surface area contributed by atoms with Crippen molar-refractivity contribution in [2.75, 3.05) is 5.32 Å². The zero-order chi connectivity index (χ0) is 17.4. The molecule has 1 fully saturated rings. The maximum atomic E-state index is 11.1. The Hall–Kier alpha value is -2.91. The zero-order valence-corrected chi connectivity index (χ0v) is 14.4. The predicted octanol–water partition coefficient (Wildman–Crippen LogP) is 3.67. The van der Waals surface area contributed by atoms with Gasteiger partial charge in [-0.1, -0.05) is 17.9 Å². The van der Waals surface area contributed by atoms with Crippen molar-refractivity contribution < 1.29 is 9.90 Å². The predicted molar refractivity (Wildman–Crippen MR) is 98.2 cm³/mol. The Labute approximate surface area is 148 Å². The molecule has 1 aliphatic carbocycles. The van der Waals surface area contributed by atoms with Crippen LogP contribution in [0.1, 0.15) is 39.9 Å². The number of fused-ring (bicyclic) bond motifs is 1. The lowest BCUT2D eigenvalue weighted by atomic mass is 10.1. The molecule has 5 nitrogen and oxygen atoms in total. The number of nitrogens with one attached hydrogen (secondary N) is 1. The minimum Gasteiger partial charge on any atom is -0.478 e. The van der Waals surface area contributed by atoms with Crippen LogP contribution in [-0.2, 0) is 0 Å². The summed E-state index contributed by atoms with van der Waals surface area (Å²) in [6, 6.07) is 5.50. The van der Waals surface area contributed by atoms with Gasteiger partial charge in [-0.3, -0.25) is 0 Å². The van der Waals surface area contributed by atoms with Crippen molar-refractivity contribution >= 4 is 33.3 Å². The first-order valence-electron chi connectivity index (χ1n) is 7.96. The number of aromatic nitrogens is 2. The molecule has 1 aliphatic rings. The molecule has 0 aliphatic heterocycles. The number of hydrogen-bond donors (Lipinski definition) is 2. The first-order chi connectivity index (χ1) is 12.1. The lowest BCUT2D eigenvalue weighted by molar-refractivity contribution is 0.0697. The fraction of sp³-hybridized carbons (Fsp3) is 0.211. The quantitative estimate of drug-likeness (QED) is 0.706. The molecule has 2 aromatic heterocycles. The average Bonchev–Trinajstić information content (AvgIpc) is 3.31. The Morgan fingerprint density at radius 1 is 1.28 bits per heavy atom. The maximum absolute atomic E-state index is 11.1. The third kappa shape index (κ3) is 3.19. The number of aromatic carboxylic acids is 1. The Bertz CT molecular complexity index is 1040. The number of rotatable bonds is 3. The van der Waals surface area contributed by atoms with Crippen molar-refractivity contribution in [2.45, 2.75) is 25.8 Å².